The molecule has 0 atom stereocenters. The molecule has 1 aromatic rings. The van der Waals surface area contributed by atoms with E-state index in [0.29, 0.717) is 15.7 Å². The first kappa shape index (κ1) is 5.73. The maximum Gasteiger partial charge on any atom is 0.232 e. The topological polar surface area (TPSA) is 35.5 Å². The molecule has 0 aliphatic carbocycles. The van der Waals surface area contributed by atoms with Gasteiger partial charge in [-0.25, -0.2) is 0 Å². The summed E-state index contributed by atoms with van der Waals surface area (Å²) in [6.07, 6.45) is 0.787. The molecule has 0 unspecified atom stereocenters. The Balaban J connectivity index is 2.46. The molecule has 0 aromatic carbocycles. The molecule has 0 N–H and O–H groups in total. The summed E-state index contributed by atoms with van der Waals surface area (Å²) < 4.78 is 10.0. The SMILES string of the molecule is O=Cc1cc2c(s1)OCO2. The van der Waals surface area contributed by atoms with Crippen LogP contribution in [0.25, 0.3) is 0 Å². The smallest absolute Gasteiger partial charge is 0.232 e. The van der Waals surface area contributed by atoms with Crippen molar-refractivity contribution in [1.82, 2.24) is 0 Å². The fourth-order valence-electron chi connectivity index (χ4n) is 0.781. The van der Waals surface area contributed by atoms with E-state index in [9.17, 15) is 4.79 Å². The maximum atomic E-state index is 10.2. The minimum Gasteiger partial charge on any atom is -0.453 e. The Morgan fingerprint density at radius 3 is 3.20 bits per heavy atom. The average Bonchev–Trinajstić information content (AvgIpc) is 2.42. The molecule has 0 bridgehead atoms. The zero-order valence-corrected chi connectivity index (χ0v) is 5.81. The Kier molecular flexibility index (Phi) is 1.14. The second kappa shape index (κ2) is 1.98. The molecule has 0 spiro atoms. The second-order valence-electron chi connectivity index (χ2n) is 1.82. The van der Waals surface area contributed by atoms with Gasteiger partial charge in [0.2, 0.25) is 11.9 Å². The van der Waals surface area contributed by atoms with Crippen molar-refractivity contribution in [1.29, 1.82) is 0 Å². The number of hydrogen-bond donors (Lipinski definition) is 0. The molecule has 2 heterocycles. The Hall–Kier alpha value is -1.03. The molecule has 52 valence electrons. The standard InChI is InChI=1S/C6H4O3S/c7-2-4-1-5-6(10-4)9-3-8-5/h1-2H,3H2. The lowest BCUT2D eigenvalue weighted by Gasteiger charge is -1.87. The Morgan fingerprint density at radius 2 is 2.50 bits per heavy atom. The third-order valence-electron chi connectivity index (χ3n) is 1.21. The molecule has 1 aliphatic heterocycles. The lowest BCUT2D eigenvalue weighted by molar-refractivity contribution is 0.112. The van der Waals surface area contributed by atoms with Gasteiger partial charge in [-0.1, -0.05) is 11.3 Å². The van der Waals surface area contributed by atoms with Gasteiger partial charge in [0.15, 0.2) is 12.0 Å². The van der Waals surface area contributed by atoms with Crippen molar-refractivity contribution in [2.45, 2.75) is 0 Å². The number of carbonyl (C=O) groups is 1. The number of fused-ring (bicyclic) bond motifs is 1. The van der Waals surface area contributed by atoms with Crippen molar-refractivity contribution in [2.24, 2.45) is 0 Å². The van der Waals surface area contributed by atoms with Gasteiger partial charge in [0, 0.05) is 6.07 Å². The molecule has 1 aromatic heterocycles. The van der Waals surface area contributed by atoms with E-state index in [1.165, 1.54) is 11.3 Å². The van der Waals surface area contributed by atoms with Crippen LogP contribution < -0.4 is 9.47 Å². The zero-order chi connectivity index (χ0) is 6.97. The van der Waals surface area contributed by atoms with Crippen LogP contribution in [0.1, 0.15) is 9.67 Å². The van der Waals surface area contributed by atoms with Crippen molar-refractivity contribution in [3.63, 3.8) is 0 Å². The molecule has 4 heteroatoms. The van der Waals surface area contributed by atoms with Gasteiger partial charge in [-0.05, 0) is 0 Å². The summed E-state index contributed by atoms with van der Waals surface area (Å²) in [5, 5.41) is 0.710. The van der Waals surface area contributed by atoms with E-state index in [4.69, 9.17) is 9.47 Å². The maximum absolute atomic E-state index is 10.2. The van der Waals surface area contributed by atoms with Gasteiger partial charge in [-0.15, -0.1) is 0 Å². The van der Waals surface area contributed by atoms with Crippen LogP contribution in [0.3, 0.4) is 0 Å². The van der Waals surface area contributed by atoms with Crippen molar-refractivity contribution in [3.05, 3.63) is 10.9 Å². The van der Waals surface area contributed by atoms with E-state index in [1.54, 1.807) is 6.07 Å². The first-order valence-corrected chi connectivity index (χ1v) is 3.56. The van der Waals surface area contributed by atoms with Gasteiger partial charge in [0.05, 0.1) is 4.88 Å². The summed E-state index contributed by atoms with van der Waals surface area (Å²) in [6.45, 7) is 0.278. The van der Waals surface area contributed by atoms with Crippen LogP contribution in [0.5, 0.6) is 10.8 Å². The minimum absolute atomic E-state index is 0.278. The number of thiophene rings is 1. The molecular weight excluding hydrogens is 152 g/mol. The van der Waals surface area contributed by atoms with Crippen molar-refractivity contribution >= 4 is 17.6 Å². The monoisotopic (exact) mass is 156 g/mol. The Bertz CT molecular complexity index is 244. The number of aldehydes is 1. The van der Waals surface area contributed by atoms with E-state index in [2.05, 4.69) is 0 Å². The quantitative estimate of drug-likeness (QED) is 0.575. The van der Waals surface area contributed by atoms with Crippen LogP contribution >= 0.6 is 11.3 Å². The third kappa shape index (κ3) is 0.690. The largest absolute Gasteiger partial charge is 0.453 e. The lowest BCUT2D eigenvalue weighted by Crippen LogP contribution is -1.93. The van der Waals surface area contributed by atoms with E-state index >= 15 is 0 Å². The predicted octanol–water partition coefficient (Wildman–Crippen LogP) is 1.29. The third-order valence-corrected chi connectivity index (χ3v) is 2.16. The van der Waals surface area contributed by atoms with Crippen molar-refractivity contribution in [2.75, 3.05) is 6.79 Å². The van der Waals surface area contributed by atoms with Gasteiger partial charge in [-0.2, -0.15) is 0 Å². The van der Waals surface area contributed by atoms with Gasteiger partial charge in [0.1, 0.15) is 0 Å². The minimum atomic E-state index is 0.278. The fourth-order valence-corrected chi connectivity index (χ4v) is 1.53. The van der Waals surface area contributed by atoms with Crippen LogP contribution in [0.4, 0.5) is 0 Å². The van der Waals surface area contributed by atoms with Crippen LogP contribution in [0.2, 0.25) is 0 Å². The highest BCUT2D eigenvalue weighted by Gasteiger charge is 2.16. The molecule has 1 aliphatic rings. The molecule has 2 rings (SSSR count). The highest BCUT2D eigenvalue weighted by molar-refractivity contribution is 7.15. The summed E-state index contributed by atoms with van der Waals surface area (Å²) in [5.74, 6) is 0.687. The summed E-state index contributed by atoms with van der Waals surface area (Å²) in [5.41, 5.74) is 0. The summed E-state index contributed by atoms with van der Waals surface area (Å²) >= 11 is 1.31. The molecular formula is C6H4O3S. The molecule has 0 radical (unpaired) electrons. The van der Waals surface area contributed by atoms with Crippen LogP contribution in [0.15, 0.2) is 6.07 Å². The second-order valence-corrected chi connectivity index (χ2v) is 2.87. The average molecular weight is 156 g/mol. The zero-order valence-electron chi connectivity index (χ0n) is 4.99. The highest BCUT2D eigenvalue weighted by atomic mass is 32.1. The van der Waals surface area contributed by atoms with Gasteiger partial charge < -0.3 is 9.47 Å². The van der Waals surface area contributed by atoms with Gasteiger partial charge in [0.25, 0.3) is 0 Å². The lowest BCUT2D eigenvalue weighted by atomic mass is 10.5. The van der Waals surface area contributed by atoms with Crippen molar-refractivity contribution in [3.8, 4) is 10.8 Å². The predicted molar refractivity (Wildman–Crippen MR) is 35.8 cm³/mol. The number of ether oxygens (including phenoxy) is 2. The molecule has 0 saturated heterocycles. The van der Waals surface area contributed by atoms with E-state index < -0.39 is 0 Å². The fraction of sp³-hybridized carbons (Fsp3) is 0.167. The van der Waals surface area contributed by atoms with E-state index in [1.807, 2.05) is 0 Å². The number of rotatable bonds is 1. The normalized spacial score (nSPS) is 13.6. The first-order valence-electron chi connectivity index (χ1n) is 2.75. The Labute approximate surface area is 61.2 Å². The highest BCUT2D eigenvalue weighted by Crippen LogP contribution is 2.39. The molecule has 10 heavy (non-hydrogen) atoms. The van der Waals surface area contributed by atoms with Crippen LogP contribution in [-0.4, -0.2) is 13.1 Å². The summed E-state index contributed by atoms with van der Waals surface area (Å²) in [6, 6.07) is 1.68. The molecule has 0 amide bonds. The number of carbonyl (C=O) groups excluding carboxylic acids is 1. The first-order chi connectivity index (χ1) is 4.90. The summed E-state index contributed by atoms with van der Waals surface area (Å²) in [4.78, 5) is 10.9. The Morgan fingerprint density at radius 1 is 1.60 bits per heavy atom. The molecule has 0 fully saturated rings. The van der Waals surface area contributed by atoms with Crippen LogP contribution in [-0.2, 0) is 0 Å². The molecule has 0 saturated carbocycles. The van der Waals surface area contributed by atoms with Crippen molar-refractivity contribution < 1.29 is 14.3 Å². The summed E-state index contributed by atoms with van der Waals surface area (Å²) in [7, 11) is 0. The molecule has 3 nitrogen and oxygen atoms in total. The number of hydrogen-bond acceptors (Lipinski definition) is 4. The van der Waals surface area contributed by atoms with E-state index in [0.717, 1.165) is 6.29 Å². The van der Waals surface area contributed by atoms with Crippen LogP contribution in [0, 0.1) is 0 Å². The van der Waals surface area contributed by atoms with E-state index in [-0.39, 0.29) is 6.79 Å². The van der Waals surface area contributed by atoms with Gasteiger partial charge in [-0.3, -0.25) is 4.79 Å². The van der Waals surface area contributed by atoms with Gasteiger partial charge >= 0.3 is 0 Å².